The van der Waals surface area contributed by atoms with Gasteiger partial charge in [-0.1, -0.05) is 23.7 Å². The second-order valence-electron chi connectivity index (χ2n) is 4.25. The Labute approximate surface area is 112 Å². The zero-order valence-electron chi connectivity index (χ0n) is 10.3. The smallest absolute Gasteiger partial charge is 0.101 e. The molecule has 2 rings (SSSR count). The van der Waals surface area contributed by atoms with E-state index in [1.807, 2.05) is 50.2 Å². The molecule has 0 radical (unpaired) electrons. The van der Waals surface area contributed by atoms with Gasteiger partial charge in [-0.2, -0.15) is 5.26 Å². The third-order valence-corrected chi connectivity index (χ3v) is 3.00. The van der Waals surface area contributed by atoms with Crippen molar-refractivity contribution in [1.82, 2.24) is 0 Å². The fraction of sp³-hybridized carbons (Fsp3) is 0.133. The molecule has 90 valence electrons. The molecule has 0 aliphatic carbocycles. The van der Waals surface area contributed by atoms with E-state index in [-0.39, 0.29) is 0 Å². The van der Waals surface area contributed by atoms with E-state index in [9.17, 15) is 0 Å². The molecule has 0 bridgehead atoms. The molecule has 0 saturated heterocycles. The summed E-state index contributed by atoms with van der Waals surface area (Å²) in [6.45, 7) is 3.97. The lowest BCUT2D eigenvalue weighted by Crippen LogP contribution is -1.96. The van der Waals surface area contributed by atoms with Gasteiger partial charge in [0, 0.05) is 10.7 Å². The van der Waals surface area contributed by atoms with Gasteiger partial charge in [0.1, 0.15) is 6.07 Å². The standard InChI is InChI=1S/C15H13ClN2/c1-10-3-6-14(12(7-10)9-17)18-15-8-13(16)5-4-11(15)2/h3-8,18H,1-2H3. The average Bonchev–Trinajstić information content (AvgIpc) is 2.36. The number of rotatable bonds is 2. The van der Waals surface area contributed by atoms with Gasteiger partial charge in [0.15, 0.2) is 0 Å². The fourth-order valence-electron chi connectivity index (χ4n) is 1.73. The molecule has 0 atom stereocenters. The highest BCUT2D eigenvalue weighted by Gasteiger charge is 2.05. The van der Waals surface area contributed by atoms with Gasteiger partial charge in [0.25, 0.3) is 0 Å². The molecule has 18 heavy (non-hydrogen) atoms. The second-order valence-corrected chi connectivity index (χ2v) is 4.68. The number of nitriles is 1. The molecule has 0 aromatic heterocycles. The summed E-state index contributed by atoms with van der Waals surface area (Å²) in [5.74, 6) is 0. The molecule has 0 aliphatic heterocycles. The van der Waals surface area contributed by atoms with Crippen molar-refractivity contribution in [3.8, 4) is 6.07 Å². The van der Waals surface area contributed by atoms with Gasteiger partial charge < -0.3 is 5.32 Å². The maximum absolute atomic E-state index is 9.13. The van der Waals surface area contributed by atoms with Crippen LogP contribution in [0.15, 0.2) is 36.4 Å². The summed E-state index contributed by atoms with van der Waals surface area (Å²) in [5, 5.41) is 13.1. The Morgan fingerprint density at radius 2 is 1.83 bits per heavy atom. The molecular weight excluding hydrogens is 244 g/mol. The Hall–Kier alpha value is -1.98. The average molecular weight is 257 g/mol. The molecule has 0 unspecified atom stereocenters. The van der Waals surface area contributed by atoms with Crippen LogP contribution in [0.1, 0.15) is 16.7 Å². The quantitative estimate of drug-likeness (QED) is 0.854. The molecule has 1 N–H and O–H groups in total. The summed E-state index contributed by atoms with van der Waals surface area (Å²) in [5.41, 5.74) is 4.51. The van der Waals surface area contributed by atoms with Crippen molar-refractivity contribution in [3.63, 3.8) is 0 Å². The molecule has 0 amide bonds. The highest BCUT2D eigenvalue weighted by atomic mass is 35.5. The molecule has 2 nitrogen and oxygen atoms in total. The lowest BCUT2D eigenvalue weighted by molar-refractivity contribution is 1.38. The molecule has 0 aliphatic rings. The van der Waals surface area contributed by atoms with Crippen molar-refractivity contribution < 1.29 is 0 Å². The van der Waals surface area contributed by atoms with Gasteiger partial charge in [-0.25, -0.2) is 0 Å². The minimum absolute atomic E-state index is 0.634. The predicted molar refractivity (Wildman–Crippen MR) is 75.4 cm³/mol. The normalized spacial score (nSPS) is 9.89. The maximum atomic E-state index is 9.13. The summed E-state index contributed by atoms with van der Waals surface area (Å²) < 4.78 is 0. The molecule has 3 heteroatoms. The maximum Gasteiger partial charge on any atom is 0.101 e. The van der Waals surface area contributed by atoms with Crippen LogP contribution < -0.4 is 5.32 Å². The lowest BCUT2D eigenvalue weighted by atomic mass is 10.1. The number of hydrogen-bond donors (Lipinski definition) is 1. The van der Waals surface area contributed by atoms with Crippen LogP contribution in [0.25, 0.3) is 0 Å². The number of hydrogen-bond acceptors (Lipinski definition) is 2. The fourth-order valence-corrected chi connectivity index (χ4v) is 1.91. The summed E-state index contributed by atoms with van der Waals surface area (Å²) in [7, 11) is 0. The molecule has 2 aromatic carbocycles. The Morgan fingerprint density at radius 3 is 2.56 bits per heavy atom. The highest BCUT2D eigenvalue weighted by Crippen LogP contribution is 2.26. The minimum Gasteiger partial charge on any atom is -0.354 e. The van der Waals surface area contributed by atoms with Crippen LogP contribution in [0, 0.1) is 25.2 Å². The Kier molecular flexibility index (Phi) is 3.55. The van der Waals surface area contributed by atoms with Crippen LogP contribution in [0.5, 0.6) is 0 Å². The van der Waals surface area contributed by atoms with Crippen molar-refractivity contribution >= 4 is 23.0 Å². The van der Waals surface area contributed by atoms with Gasteiger partial charge in [0.2, 0.25) is 0 Å². The summed E-state index contributed by atoms with van der Waals surface area (Å²) in [6, 6.07) is 13.6. The van der Waals surface area contributed by atoms with Crippen LogP contribution >= 0.6 is 11.6 Å². The zero-order valence-corrected chi connectivity index (χ0v) is 11.0. The third kappa shape index (κ3) is 2.64. The van der Waals surface area contributed by atoms with E-state index in [0.717, 1.165) is 22.5 Å². The van der Waals surface area contributed by atoms with Gasteiger partial charge >= 0.3 is 0 Å². The first-order valence-corrected chi connectivity index (χ1v) is 6.02. The minimum atomic E-state index is 0.634. The summed E-state index contributed by atoms with van der Waals surface area (Å²) in [6.07, 6.45) is 0. The van der Waals surface area contributed by atoms with Crippen molar-refractivity contribution in [1.29, 1.82) is 5.26 Å². The van der Waals surface area contributed by atoms with Crippen LogP contribution in [0.3, 0.4) is 0 Å². The van der Waals surface area contributed by atoms with Gasteiger partial charge in [-0.3, -0.25) is 0 Å². The Balaban J connectivity index is 2.40. The topological polar surface area (TPSA) is 35.8 Å². The number of aryl methyl sites for hydroxylation is 2. The van der Waals surface area contributed by atoms with Crippen LogP contribution in [0.2, 0.25) is 5.02 Å². The van der Waals surface area contributed by atoms with E-state index in [1.165, 1.54) is 0 Å². The number of nitrogens with zero attached hydrogens (tertiary/aromatic N) is 1. The van der Waals surface area contributed by atoms with E-state index < -0.39 is 0 Å². The molecule has 0 fully saturated rings. The van der Waals surface area contributed by atoms with Gasteiger partial charge in [-0.05, 0) is 49.2 Å². The van der Waals surface area contributed by atoms with E-state index >= 15 is 0 Å². The van der Waals surface area contributed by atoms with E-state index in [4.69, 9.17) is 16.9 Å². The Morgan fingerprint density at radius 1 is 1.06 bits per heavy atom. The number of nitrogens with one attached hydrogen (secondary N) is 1. The first-order valence-electron chi connectivity index (χ1n) is 5.64. The largest absolute Gasteiger partial charge is 0.354 e. The molecule has 2 aromatic rings. The monoisotopic (exact) mass is 256 g/mol. The first kappa shape index (κ1) is 12.5. The number of anilines is 2. The molecular formula is C15H13ClN2. The third-order valence-electron chi connectivity index (χ3n) is 2.76. The van der Waals surface area contributed by atoms with Crippen LogP contribution in [-0.2, 0) is 0 Å². The van der Waals surface area contributed by atoms with Crippen molar-refractivity contribution in [3.05, 3.63) is 58.1 Å². The molecule has 0 heterocycles. The summed E-state index contributed by atoms with van der Waals surface area (Å²) >= 11 is 5.98. The summed E-state index contributed by atoms with van der Waals surface area (Å²) in [4.78, 5) is 0. The van der Waals surface area contributed by atoms with Gasteiger partial charge in [0.05, 0.1) is 11.3 Å². The van der Waals surface area contributed by atoms with E-state index in [0.29, 0.717) is 10.6 Å². The predicted octanol–water partition coefficient (Wildman–Crippen LogP) is 4.57. The van der Waals surface area contributed by atoms with Crippen molar-refractivity contribution in [2.75, 3.05) is 5.32 Å². The molecule has 0 saturated carbocycles. The first-order chi connectivity index (χ1) is 8.60. The van der Waals surface area contributed by atoms with Gasteiger partial charge in [-0.15, -0.1) is 0 Å². The van der Waals surface area contributed by atoms with Crippen LogP contribution in [0.4, 0.5) is 11.4 Å². The molecule has 0 spiro atoms. The zero-order chi connectivity index (χ0) is 13.1. The SMILES string of the molecule is Cc1ccc(Nc2cc(Cl)ccc2C)c(C#N)c1. The van der Waals surface area contributed by atoms with Crippen molar-refractivity contribution in [2.24, 2.45) is 0 Å². The second kappa shape index (κ2) is 5.12. The lowest BCUT2D eigenvalue weighted by Gasteiger charge is -2.11. The van der Waals surface area contributed by atoms with E-state index in [2.05, 4.69) is 11.4 Å². The highest BCUT2D eigenvalue weighted by molar-refractivity contribution is 6.30. The number of benzene rings is 2. The Bertz CT molecular complexity index is 627. The van der Waals surface area contributed by atoms with Crippen LogP contribution in [-0.4, -0.2) is 0 Å². The van der Waals surface area contributed by atoms with Crippen molar-refractivity contribution in [2.45, 2.75) is 13.8 Å². The van der Waals surface area contributed by atoms with E-state index in [1.54, 1.807) is 0 Å². The number of halogens is 1.